The summed E-state index contributed by atoms with van der Waals surface area (Å²) in [6.45, 7) is -3.06. The van der Waals surface area contributed by atoms with Gasteiger partial charge in [0.1, 0.15) is 0 Å². The van der Waals surface area contributed by atoms with E-state index in [1.54, 1.807) is 0 Å². The highest BCUT2D eigenvalue weighted by molar-refractivity contribution is 4.96. The summed E-state index contributed by atoms with van der Waals surface area (Å²) in [4.78, 5) is -3.79. The first kappa shape index (κ1) is 23.9. The summed E-state index contributed by atoms with van der Waals surface area (Å²) >= 11 is 0. The van der Waals surface area contributed by atoms with Crippen molar-refractivity contribution < 1.29 is 66.2 Å². The Kier molecular flexibility index (Phi) is 6.31. The molecule has 0 aromatic rings. The monoisotopic (exact) mass is 411 g/mol. The molecule has 0 aliphatic heterocycles. The first-order valence-corrected chi connectivity index (χ1v) is 5.57. The second kappa shape index (κ2) is 6.59. The Balaban J connectivity index is 6.32. The number of ether oxygens (including phenoxy) is 1. The zero-order valence-corrected chi connectivity index (χ0v) is 11.6. The molecule has 0 spiro atoms. The van der Waals surface area contributed by atoms with Crippen molar-refractivity contribution >= 4 is 0 Å². The van der Waals surface area contributed by atoms with E-state index < -0.39 is 54.3 Å². The highest BCUT2D eigenvalue weighted by Gasteiger charge is 2.82. The van der Waals surface area contributed by atoms with Crippen LogP contribution in [-0.2, 0) is 4.74 Å². The average Bonchev–Trinajstić information content (AvgIpc) is 2.34. The van der Waals surface area contributed by atoms with Gasteiger partial charge in [-0.2, -0.15) is 48.3 Å². The van der Waals surface area contributed by atoms with Crippen LogP contribution in [0.5, 0.6) is 0 Å². The number of hydrogen-bond donors (Lipinski definition) is 0. The first-order chi connectivity index (χ1) is 10.7. The van der Waals surface area contributed by atoms with Crippen molar-refractivity contribution in [2.75, 3.05) is 13.8 Å². The lowest BCUT2D eigenvalue weighted by Gasteiger charge is -2.42. The van der Waals surface area contributed by atoms with Gasteiger partial charge in [-0.25, -0.2) is 13.2 Å². The summed E-state index contributed by atoms with van der Waals surface area (Å²) in [5.41, 5.74) is 0. The van der Waals surface area contributed by atoms with Crippen LogP contribution in [0.25, 0.3) is 0 Å². The molecule has 0 heterocycles. The molecule has 0 aromatic heterocycles. The van der Waals surface area contributed by atoms with E-state index in [9.17, 15) is 61.5 Å². The molecular formula is C9H7F14NO. The predicted octanol–water partition coefficient (Wildman–Crippen LogP) is 4.86. The Labute approximate surface area is 129 Å². The van der Waals surface area contributed by atoms with Crippen LogP contribution < -0.4 is 0 Å². The average molecular weight is 411 g/mol. The van der Waals surface area contributed by atoms with E-state index >= 15 is 0 Å². The van der Waals surface area contributed by atoms with Crippen molar-refractivity contribution in [1.29, 1.82) is 0 Å². The molecule has 0 aromatic carbocycles. The van der Waals surface area contributed by atoms with Gasteiger partial charge >= 0.3 is 30.4 Å². The molecule has 0 aliphatic rings. The van der Waals surface area contributed by atoms with Crippen molar-refractivity contribution in [2.45, 2.75) is 42.8 Å². The van der Waals surface area contributed by atoms with Gasteiger partial charge in [-0.05, 0) is 0 Å². The lowest BCUT2D eigenvalue weighted by atomic mass is 10.1. The molecule has 0 N–H and O–H groups in total. The topological polar surface area (TPSA) is 12.5 Å². The van der Waals surface area contributed by atoms with Gasteiger partial charge in [0, 0.05) is 7.11 Å². The zero-order valence-electron chi connectivity index (χ0n) is 11.6. The lowest BCUT2D eigenvalue weighted by Crippen LogP contribution is -2.70. The van der Waals surface area contributed by atoms with Crippen LogP contribution in [0.2, 0.25) is 0 Å². The van der Waals surface area contributed by atoms with Crippen LogP contribution >= 0.6 is 0 Å². The molecule has 0 saturated carbocycles. The van der Waals surface area contributed by atoms with Crippen LogP contribution in [0.1, 0.15) is 6.42 Å². The minimum absolute atomic E-state index is 0.364. The van der Waals surface area contributed by atoms with E-state index in [4.69, 9.17) is 0 Å². The number of hydrogen-bond acceptors (Lipinski definition) is 2. The maximum absolute atomic E-state index is 13.3. The van der Waals surface area contributed by atoms with E-state index in [1.807, 2.05) is 0 Å². The highest BCUT2D eigenvalue weighted by Crippen LogP contribution is 2.54. The van der Waals surface area contributed by atoms with Gasteiger partial charge in [0.05, 0.1) is 6.42 Å². The van der Waals surface area contributed by atoms with Crippen LogP contribution in [0.3, 0.4) is 0 Å². The van der Waals surface area contributed by atoms with Gasteiger partial charge in [-0.1, -0.05) is 4.90 Å². The van der Waals surface area contributed by atoms with Crippen molar-refractivity contribution in [1.82, 2.24) is 4.90 Å². The maximum atomic E-state index is 13.3. The van der Waals surface area contributed by atoms with E-state index in [0.29, 0.717) is 0 Å². The second-order valence-electron chi connectivity index (χ2n) is 4.47. The Morgan fingerprint density at radius 1 is 0.760 bits per heavy atom. The van der Waals surface area contributed by atoms with Gasteiger partial charge in [0.15, 0.2) is 6.67 Å². The van der Waals surface area contributed by atoms with E-state index in [2.05, 4.69) is 4.74 Å². The van der Waals surface area contributed by atoms with Crippen molar-refractivity contribution in [3.63, 3.8) is 0 Å². The van der Waals surface area contributed by atoms with Crippen LogP contribution in [0, 0.1) is 0 Å². The number of rotatable bonds is 8. The van der Waals surface area contributed by atoms with E-state index in [0.717, 1.165) is 0 Å². The van der Waals surface area contributed by atoms with Gasteiger partial charge in [0.25, 0.3) is 5.92 Å². The minimum atomic E-state index is -7.47. The highest BCUT2D eigenvalue weighted by atomic mass is 19.4. The minimum Gasteiger partial charge on any atom is -0.319 e. The summed E-state index contributed by atoms with van der Waals surface area (Å²) in [6, 6.07) is -14.1. The Morgan fingerprint density at radius 2 is 1.16 bits per heavy atom. The van der Waals surface area contributed by atoms with Gasteiger partial charge < -0.3 is 4.74 Å². The Bertz CT molecular complexity index is 458. The number of alkyl halides is 14. The molecule has 0 saturated heterocycles. The summed E-state index contributed by atoms with van der Waals surface area (Å²) < 4.78 is 181. The van der Waals surface area contributed by atoms with E-state index in [1.165, 1.54) is 0 Å². The molecule has 0 fully saturated rings. The third-order valence-electron chi connectivity index (χ3n) is 2.53. The maximum Gasteiger partial charge on any atom is 0.469 e. The number of methoxy groups -OCH3 is 1. The second-order valence-corrected chi connectivity index (χ2v) is 4.47. The molecule has 2 nitrogen and oxygen atoms in total. The fraction of sp³-hybridized carbons (Fsp3) is 1.00. The van der Waals surface area contributed by atoms with Gasteiger partial charge in [-0.3, -0.25) is 0 Å². The molecule has 0 unspecified atom stereocenters. The van der Waals surface area contributed by atoms with Gasteiger partial charge in [0.2, 0.25) is 0 Å². The summed E-state index contributed by atoms with van der Waals surface area (Å²) in [5.74, 6) is -12.6. The Hall–Kier alpha value is -1.06. The van der Waals surface area contributed by atoms with Crippen molar-refractivity contribution in [2.24, 2.45) is 0 Å². The number of halogens is 14. The molecule has 25 heavy (non-hydrogen) atoms. The Morgan fingerprint density at radius 3 is 1.44 bits per heavy atom. The largest absolute Gasteiger partial charge is 0.469 e. The van der Waals surface area contributed by atoms with Crippen LogP contribution in [0.4, 0.5) is 61.5 Å². The molecule has 0 aliphatic carbocycles. The van der Waals surface area contributed by atoms with E-state index in [-0.39, 0.29) is 7.11 Å². The third-order valence-corrected chi connectivity index (χ3v) is 2.53. The van der Waals surface area contributed by atoms with Gasteiger partial charge in [-0.15, -0.1) is 0 Å². The van der Waals surface area contributed by atoms with Crippen molar-refractivity contribution in [3.05, 3.63) is 0 Å². The smallest absolute Gasteiger partial charge is 0.319 e. The number of nitrogens with zero attached hydrogens (tertiary/aromatic N) is 1. The predicted molar refractivity (Wildman–Crippen MR) is 50.2 cm³/mol. The SMILES string of the molecule is COC(F)(F)C(F)(F)C(F)(F)N(C(F)(F)F)C(F)(F)CC(F)(F)CF. The lowest BCUT2D eigenvalue weighted by molar-refractivity contribution is -0.486. The van der Waals surface area contributed by atoms with Crippen molar-refractivity contribution in [3.8, 4) is 0 Å². The molecule has 0 atom stereocenters. The summed E-state index contributed by atoms with van der Waals surface area (Å²) in [7, 11) is -0.364. The summed E-state index contributed by atoms with van der Waals surface area (Å²) in [5, 5.41) is 0. The molecule has 0 radical (unpaired) electrons. The fourth-order valence-corrected chi connectivity index (χ4v) is 1.43. The summed E-state index contributed by atoms with van der Waals surface area (Å²) in [6.07, 6.45) is -17.3. The molecule has 152 valence electrons. The van der Waals surface area contributed by atoms with Crippen LogP contribution in [-0.4, -0.2) is 55.0 Å². The molecule has 16 heteroatoms. The molecular weight excluding hydrogens is 404 g/mol. The van der Waals surface area contributed by atoms with Crippen LogP contribution in [0.15, 0.2) is 0 Å². The third kappa shape index (κ3) is 4.57. The molecule has 0 bridgehead atoms. The first-order valence-electron chi connectivity index (χ1n) is 5.57. The fourth-order valence-electron chi connectivity index (χ4n) is 1.43. The molecule has 0 amide bonds. The quantitative estimate of drug-likeness (QED) is 0.418. The zero-order chi connectivity index (χ0) is 20.7. The normalized spacial score (nSPS) is 15.8. The molecule has 0 rings (SSSR count). The standard InChI is InChI=1S/C9H7F14NO/c1-25-8(19,20)6(15,16)7(17,18)24(9(21,22)23)5(13,14)2-4(11,12)3-10/h2-3H2,1H3.